The molecule has 0 aromatic carbocycles. The fraction of sp³-hybridized carbons (Fsp3) is 1.00. The lowest BCUT2D eigenvalue weighted by Crippen LogP contribution is -2.08. The third kappa shape index (κ3) is 30.4. The molecule has 224 valence electrons. The highest BCUT2D eigenvalue weighted by Crippen LogP contribution is 2.28. The van der Waals surface area contributed by atoms with Crippen LogP contribution in [-0.4, -0.2) is 0 Å². The van der Waals surface area contributed by atoms with Gasteiger partial charge in [-0.15, -0.1) is 0 Å². The summed E-state index contributed by atoms with van der Waals surface area (Å²) in [7, 11) is 0. The lowest BCUT2D eigenvalue weighted by atomic mass is 9.85. The maximum Gasteiger partial charge on any atom is -0.0412 e. The molecule has 0 N–H and O–H groups in total. The van der Waals surface area contributed by atoms with Gasteiger partial charge >= 0.3 is 0 Å². The molecule has 0 aromatic heterocycles. The van der Waals surface area contributed by atoms with E-state index in [1.54, 1.807) is 0 Å². The highest BCUT2D eigenvalue weighted by atomic mass is 14.2. The molecule has 0 fully saturated rings. The van der Waals surface area contributed by atoms with Crippen molar-refractivity contribution in [2.45, 2.75) is 227 Å². The van der Waals surface area contributed by atoms with Crippen molar-refractivity contribution in [2.75, 3.05) is 0 Å². The Labute approximate surface area is 238 Å². The Morgan fingerprint density at radius 3 is 0.838 bits per heavy atom. The Hall–Kier alpha value is 0. The van der Waals surface area contributed by atoms with Crippen molar-refractivity contribution in [1.82, 2.24) is 0 Å². The lowest BCUT2D eigenvalue weighted by molar-refractivity contribution is 0.312. The molecule has 0 heterocycles. The molecular weight excluding hydrogens is 444 g/mol. The van der Waals surface area contributed by atoms with Crippen LogP contribution in [-0.2, 0) is 0 Å². The second-order valence-corrected chi connectivity index (χ2v) is 13.1. The molecule has 0 saturated heterocycles. The third-order valence-electron chi connectivity index (χ3n) is 8.97. The Morgan fingerprint density at radius 2 is 0.541 bits per heavy atom. The molecule has 0 bridgehead atoms. The van der Waals surface area contributed by atoms with Crippen LogP contribution in [0.5, 0.6) is 0 Å². The first-order valence-electron chi connectivity index (χ1n) is 18.2. The first-order chi connectivity index (χ1) is 18.2. The van der Waals surface area contributed by atoms with Crippen LogP contribution in [0.3, 0.4) is 0 Å². The topological polar surface area (TPSA) is 0 Å². The van der Waals surface area contributed by atoms with Crippen molar-refractivity contribution in [1.29, 1.82) is 0 Å². The molecule has 0 aliphatic rings. The van der Waals surface area contributed by atoms with Crippen molar-refractivity contribution < 1.29 is 0 Å². The molecule has 0 nitrogen and oxygen atoms in total. The average Bonchev–Trinajstić information content (AvgIpc) is 2.90. The van der Waals surface area contributed by atoms with E-state index >= 15 is 0 Å². The van der Waals surface area contributed by atoms with Crippen LogP contribution in [0.4, 0.5) is 0 Å². The van der Waals surface area contributed by atoms with Crippen LogP contribution in [0.25, 0.3) is 0 Å². The van der Waals surface area contributed by atoms with Crippen molar-refractivity contribution in [3.63, 3.8) is 0 Å². The van der Waals surface area contributed by atoms with Gasteiger partial charge in [-0.25, -0.2) is 0 Å². The van der Waals surface area contributed by atoms with Crippen molar-refractivity contribution in [2.24, 2.45) is 11.8 Å². The smallest absolute Gasteiger partial charge is 0.0412 e. The molecule has 37 heavy (non-hydrogen) atoms. The van der Waals surface area contributed by atoms with Gasteiger partial charge in [0, 0.05) is 0 Å². The molecule has 0 saturated carbocycles. The first-order valence-corrected chi connectivity index (χ1v) is 18.2. The Morgan fingerprint density at radius 1 is 0.297 bits per heavy atom. The standard InChI is InChI=1S/C37H76/c1-5-8-11-14-17-20-21-22-25-28-31-34-37(33-30-27-24-19-16-13-10-7-3)35-36(4)32-29-26-23-18-15-12-9-6-2/h36-37H,5-35H2,1-4H3. The fourth-order valence-corrected chi connectivity index (χ4v) is 6.36. The molecular formula is C37H76. The van der Waals surface area contributed by atoms with Crippen LogP contribution in [0.15, 0.2) is 0 Å². The SMILES string of the molecule is CCCCCCCCCCCCCC(CCCCCCCCCC)CC(C)CCCCCCCCCC. The van der Waals surface area contributed by atoms with E-state index in [-0.39, 0.29) is 0 Å². The largest absolute Gasteiger partial charge is 0.0654 e. The molecule has 0 radical (unpaired) electrons. The molecule has 2 atom stereocenters. The van der Waals surface area contributed by atoms with E-state index in [1.807, 2.05) is 0 Å². The predicted molar refractivity (Wildman–Crippen MR) is 173 cm³/mol. The zero-order valence-corrected chi connectivity index (χ0v) is 27.1. The Balaban J connectivity index is 4.01. The number of hydrogen-bond donors (Lipinski definition) is 0. The van der Waals surface area contributed by atoms with Crippen molar-refractivity contribution in [3.05, 3.63) is 0 Å². The average molecular weight is 521 g/mol. The normalized spacial score (nSPS) is 13.3. The summed E-state index contributed by atoms with van der Waals surface area (Å²) in [6.07, 6.45) is 45.7. The summed E-state index contributed by atoms with van der Waals surface area (Å²) in [5.41, 5.74) is 0. The van der Waals surface area contributed by atoms with E-state index in [1.165, 1.54) is 199 Å². The predicted octanol–water partition coefficient (Wildman–Crippen LogP) is 14.4. The zero-order valence-electron chi connectivity index (χ0n) is 27.1. The minimum absolute atomic E-state index is 0.951. The molecule has 0 amide bonds. The van der Waals surface area contributed by atoms with Gasteiger partial charge in [0.1, 0.15) is 0 Å². The quantitative estimate of drug-likeness (QED) is 0.0773. The summed E-state index contributed by atoms with van der Waals surface area (Å²) in [4.78, 5) is 0. The first kappa shape index (κ1) is 37.0. The van der Waals surface area contributed by atoms with Gasteiger partial charge in [-0.3, -0.25) is 0 Å². The van der Waals surface area contributed by atoms with Gasteiger partial charge in [-0.2, -0.15) is 0 Å². The molecule has 0 aliphatic carbocycles. The van der Waals surface area contributed by atoms with Crippen molar-refractivity contribution >= 4 is 0 Å². The van der Waals surface area contributed by atoms with Gasteiger partial charge in [0.15, 0.2) is 0 Å². The molecule has 0 spiro atoms. The molecule has 0 heteroatoms. The number of unbranched alkanes of at least 4 members (excludes halogenated alkanes) is 24. The summed E-state index contributed by atoms with van der Waals surface area (Å²) < 4.78 is 0. The molecule has 0 rings (SSSR count). The second kappa shape index (κ2) is 32.2. The molecule has 0 aromatic rings. The summed E-state index contributed by atoms with van der Waals surface area (Å²) in [5.74, 6) is 1.97. The summed E-state index contributed by atoms with van der Waals surface area (Å²) >= 11 is 0. The van der Waals surface area contributed by atoms with Crippen LogP contribution in [0.2, 0.25) is 0 Å². The van der Waals surface area contributed by atoms with Gasteiger partial charge < -0.3 is 0 Å². The van der Waals surface area contributed by atoms with E-state index in [2.05, 4.69) is 27.7 Å². The maximum absolute atomic E-state index is 2.57. The zero-order chi connectivity index (χ0) is 27.1. The van der Waals surface area contributed by atoms with Crippen LogP contribution >= 0.6 is 0 Å². The van der Waals surface area contributed by atoms with Gasteiger partial charge in [0.25, 0.3) is 0 Å². The highest BCUT2D eigenvalue weighted by Gasteiger charge is 2.13. The summed E-state index contributed by atoms with van der Waals surface area (Å²) in [5, 5.41) is 0. The number of rotatable bonds is 32. The second-order valence-electron chi connectivity index (χ2n) is 13.1. The van der Waals surface area contributed by atoms with E-state index in [0.717, 1.165) is 11.8 Å². The van der Waals surface area contributed by atoms with Gasteiger partial charge in [0.05, 0.1) is 0 Å². The van der Waals surface area contributed by atoms with Crippen LogP contribution in [0, 0.1) is 11.8 Å². The van der Waals surface area contributed by atoms with E-state index < -0.39 is 0 Å². The van der Waals surface area contributed by atoms with E-state index in [4.69, 9.17) is 0 Å². The van der Waals surface area contributed by atoms with Gasteiger partial charge in [-0.05, 0) is 18.3 Å². The highest BCUT2D eigenvalue weighted by molar-refractivity contribution is 4.66. The Bertz CT molecular complexity index is 385. The Kier molecular flexibility index (Phi) is 32.2. The number of hydrogen-bond acceptors (Lipinski definition) is 0. The van der Waals surface area contributed by atoms with Crippen LogP contribution < -0.4 is 0 Å². The fourth-order valence-electron chi connectivity index (χ4n) is 6.36. The van der Waals surface area contributed by atoms with Crippen molar-refractivity contribution in [3.8, 4) is 0 Å². The monoisotopic (exact) mass is 521 g/mol. The third-order valence-corrected chi connectivity index (χ3v) is 8.97. The van der Waals surface area contributed by atoms with E-state index in [0.29, 0.717) is 0 Å². The molecule has 0 aliphatic heterocycles. The van der Waals surface area contributed by atoms with Gasteiger partial charge in [0.2, 0.25) is 0 Å². The van der Waals surface area contributed by atoms with E-state index in [9.17, 15) is 0 Å². The molecule has 2 unspecified atom stereocenters. The lowest BCUT2D eigenvalue weighted by Gasteiger charge is -2.21. The van der Waals surface area contributed by atoms with Gasteiger partial charge in [-0.1, -0.05) is 220 Å². The minimum Gasteiger partial charge on any atom is -0.0654 e. The minimum atomic E-state index is 0.951. The van der Waals surface area contributed by atoms with Crippen LogP contribution in [0.1, 0.15) is 227 Å². The summed E-state index contributed by atoms with van der Waals surface area (Å²) in [6.45, 7) is 9.53. The summed E-state index contributed by atoms with van der Waals surface area (Å²) in [6, 6.07) is 0. The maximum atomic E-state index is 2.57.